The summed E-state index contributed by atoms with van der Waals surface area (Å²) >= 11 is 0. The number of anilines is 1. The lowest BCUT2D eigenvalue weighted by Gasteiger charge is -2.19. The van der Waals surface area contributed by atoms with Gasteiger partial charge in [-0.1, -0.05) is 12.1 Å². The second kappa shape index (κ2) is 7.61. The highest BCUT2D eigenvalue weighted by Crippen LogP contribution is 2.27. The van der Waals surface area contributed by atoms with E-state index >= 15 is 0 Å². The molecule has 0 amide bonds. The van der Waals surface area contributed by atoms with Crippen molar-refractivity contribution in [3.8, 4) is 5.75 Å². The molecule has 8 heteroatoms. The molecule has 1 aromatic rings. The number of ether oxygens (including phenoxy) is 1. The van der Waals surface area contributed by atoms with Crippen molar-refractivity contribution in [3.63, 3.8) is 0 Å². The summed E-state index contributed by atoms with van der Waals surface area (Å²) in [5.41, 5.74) is 5.55. The molecule has 21 heavy (non-hydrogen) atoms. The maximum atomic E-state index is 12.7. The molecule has 0 radical (unpaired) electrons. The molecule has 1 unspecified atom stereocenters. The molecule has 118 valence electrons. The van der Waals surface area contributed by atoms with Gasteiger partial charge < -0.3 is 21.0 Å². The monoisotopic (exact) mass is 305 g/mol. The van der Waals surface area contributed by atoms with E-state index in [1.165, 1.54) is 0 Å². The van der Waals surface area contributed by atoms with Crippen molar-refractivity contribution in [1.29, 1.82) is 0 Å². The Bertz CT molecular complexity index is 461. The van der Waals surface area contributed by atoms with Gasteiger partial charge in [-0.3, -0.25) is 0 Å². The Morgan fingerprint density at radius 2 is 2.00 bits per heavy atom. The number of amidine groups is 1. The fraction of sp³-hybridized carbons (Fsp3) is 0.462. The zero-order chi connectivity index (χ0) is 15.9. The second-order valence-corrected chi connectivity index (χ2v) is 4.37. The first-order valence-corrected chi connectivity index (χ1v) is 6.39. The standard InChI is InChI=1S/C13H18F3N3O2/c1-2-7-21-10-5-3-9(4-6-10)18-8-11(12(17)19-20)13(14,15)16/h3-6,11,18,20H,2,7-8H2,1H3,(H2,17,19). The first kappa shape index (κ1) is 16.9. The Morgan fingerprint density at radius 3 is 2.48 bits per heavy atom. The van der Waals surface area contributed by atoms with Crippen LogP contribution in [0.1, 0.15) is 13.3 Å². The third-order valence-corrected chi connectivity index (χ3v) is 2.71. The maximum absolute atomic E-state index is 12.7. The highest BCUT2D eigenvalue weighted by Gasteiger charge is 2.42. The van der Waals surface area contributed by atoms with Crippen LogP contribution in [-0.2, 0) is 0 Å². The SMILES string of the molecule is CCCOc1ccc(NCC(/C(N)=N/O)C(F)(F)F)cc1. The zero-order valence-corrected chi connectivity index (χ0v) is 11.5. The van der Waals surface area contributed by atoms with Gasteiger partial charge in [0.15, 0.2) is 5.84 Å². The molecule has 0 fully saturated rings. The lowest BCUT2D eigenvalue weighted by atomic mass is 10.1. The third-order valence-electron chi connectivity index (χ3n) is 2.71. The van der Waals surface area contributed by atoms with Crippen molar-refractivity contribution in [2.45, 2.75) is 19.5 Å². The number of nitrogens with zero attached hydrogens (tertiary/aromatic N) is 1. The van der Waals surface area contributed by atoms with E-state index in [4.69, 9.17) is 15.7 Å². The van der Waals surface area contributed by atoms with Gasteiger partial charge in [0, 0.05) is 12.2 Å². The van der Waals surface area contributed by atoms with Gasteiger partial charge in [-0.2, -0.15) is 13.2 Å². The lowest BCUT2D eigenvalue weighted by molar-refractivity contribution is -0.152. The predicted octanol–water partition coefficient (Wildman–Crippen LogP) is 2.81. The molecule has 0 saturated carbocycles. The van der Waals surface area contributed by atoms with E-state index in [-0.39, 0.29) is 0 Å². The van der Waals surface area contributed by atoms with Crippen LogP contribution in [0.25, 0.3) is 0 Å². The number of benzene rings is 1. The van der Waals surface area contributed by atoms with Crippen molar-refractivity contribution in [1.82, 2.24) is 0 Å². The van der Waals surface area contributed by atoms with Crippen molar-refractivity contribution >= 4 is 11.5 Å². The minimum Gasteiger partial charge on any atom is -0.494 e. The maximum Gasteiger partial charge on any atom is 0.400 e. The number of halogens is 3. The van der Waals surface area contributed by atoms with Crippen LogP contribution in [0.4, 0.5) is 18.9 Å². The smallest absolute Gasteiger partial charge is 0.400 e. The van der Waals surface area contributed by atoms with Crippen LogP contribution in [0.5, 0.6) is 5.75 Å². The minimum atomic E-state index is -4.59. The third kappa shape index (κ3) is 5.41. The van der Waals surface area contributed by atoms with E-state index in [0.717, 1.165) is 6.42 Å². The molecule has 0 spiro atoms. The number of rotatable bonds is 7. The molecular formula is C13H18F3N3O2. The second-order valence-electron chi connectivity index (χ2n) is 4.37. The molecule has 0 saturated heterocycles. The molecule has 1 rings (SSSR count). The van der Waals surface area contributed by atoms with Gasteiger partial charge in [0.25, 0.3) is 0 Å². The molecule has 0 aliphatic rings. The molecule has 0 aliphatic heterocycles. The Kier molecular flexibility index (Phi) is 6.13. The lowest BCUT2D eigenvalue weighted by Crippen LogP contribution is -2.40. The van der Waals surface area contributed by atoms with Crippen LogP contribution in [0, 0.1) is 5.92 Å². The van der Waals surface area contributed by atoms with Crippen LogP contribution < -0.4 is 15.8 Å². The summed E-state index contributed by atoms with van der Waals surface area (Å²) in [4.78, 5) is 0. The van der Waals surface area contributed by atoms with Gasteiger partial charge in [-0.05, 0) is 30.7 Å². The normalized spacial score (nSPS) is 13.8. The summed E-state index contributed by atoms with van der Waals surface area (Å²) in [7, 11) is 0. The molecule has 0 heterocycles. The summed E-state index contributed by atoms with van der Waals surface area (Å²) in [6, 6.07) is 6.52. The molecule has 5 nitrogen and oxygen atoms in total. The van der Waals surface area contributed by atoms with Gasteiger partial charge in [-0.15, -0.1) is 0 Å². The number of alkyl halides is 3. The Labute approximate surface area is 120 Å². The fourth-order valence-corrected chi connectivity index (χ4v) is 1.57. The van der Waals surface area contributed by atoms with E-state index in [1.807, 2.05) is 6.92 Å². The highest BCUT2D eigenvalue weighted by atomic mass is 19.4. The quantitative estimate of drug-likeness (QED) is 0.313. The van der Waals surface area contributed by atoms with Gasteiger partial charge >= 0.3 is 6.18 Å². The van der Waals surface area contributed by atoms with Crippen LogP contribution >= 0.6 is 0 Å². The average Bonchev–Trinajstić information content (AvgIpc) is 2.44. The Balaban J connectivity index is 2.64. The molecule has 0 aromatic heterocycles. The van der Waals surface area contributed by atoms with Crippen molar-refractivity contribution in [3.05, 3.63) is 24.3 Å². The summed E-state index contributed by atoms with van der Waals surface area (Å²) < 4.78 is 43.6. The van der Waals surface area contributed by atoms with Gasteiger partial charge in [0.1, 0.15) is 11.7 Å². The highest BCUT2D eigenvalue weighted by molar-refractivity contribution is 5.83. The number of hydrogen-bond donors (Lipinski definition) is 3. The summed E-state index contributed by atoms with van der Waals surface area (Å²) in [5, 5.41) is 13.4. The molecule has 1 atom stereocenters. The van der Waals surface area contributed by atoms with Gasteiger partial charge in [0.05, 0.1) is 6.61 Å². The topological polar surface area (TPSA) is 79.9 Å². The van der Waals surface area contributed by atoms with Gasteiger partial charge in [-0.25, -0.2) is 0 Å². The Morgan fingerprint density at radius 1 is 1.38 bits per heavy atom. The van der Waals surface area contributed by atoms with Crippen LogP contribution in [-0.4, -0.2) is 30.4 Å². The number of hydrogen-bond acceptors (Lipinski definition) is 4. The van der Waals surface area contributed by atoms with E-state index in [0.29, 0.717) is 18.0 Å². The largest absolute Gasteiger partial charge is 0.494 e. The summed E-state index contributed by atoms with van der Waals surface area (Å²) in [6.07, 6.45) is -3.72. The minimum absolute atomic E-state index is 0.485. The zero-order valence-electron chi connectivity index (χ0n) is 11.5. The summed E-state index contributed by atoms with van der Waals surface area (Å²) in [5.74, 6) is -2.29. The van der Waals surface area contributed by atoms with Crippen LogP contribution in [0.3, 0.4) is 0 Å². The van der Waals surface area contributed by atoms with E-state index < -0.39 is 24.5 Å². The van der Waals surface area contributed by atoms with Crippen LogP contribution in [0.2, 0.25) is 0 Å². The number of oxime groups is 1. The first-order valence-electron chi connectivity index (χ1n) is 6.39. The van der Waals surface area contributed by atoms with E-state index in [9.17, 15) is 13.2 Å². The van der Waals surface area contributed by atoms with E-state index in [1.54, 1.807) is 24.3 Å². The molecule has 0 bridgehead atoms. The molecule has 0 aliphatic carbocycles. The summed E-state index contributed by atoms with van der Waals surface area (Å²) in [6.45, 7) is 2.03. The van der Waals surface area contributed by atoms with Crippen LogP contribution in [0.15, 0.2) is 29.4 Å². The number of nitrogens with two attached hydrogens (primary N) is 1. The average molecular weight is 305 g/mol. The number of nitrogens with one attached hydrogen (secondary N) is 1. The predicted molar refractivity (Wildman–Crippen MR) is 73.7 cm³/mol. The molecule has 1 aromatic carbocycles. The van der Waals surface area contributed by atoms with Crippen molar-refractivity contribution in [2.75, 3.05) is 18.5 Å². The first-order chi connectivity index (χ1) is 9.88. The van der Waals surface area contributed by atoms with E-state index in [2.05, 4.69) is 10.5 Å². The molecule has 4 N–H and O–H groups in total. The fourth-order valence-electron chi connectivity index (χ4n) is 1.57. The molecular weight excluding hydrogens is 287 g/mol. The van der Waals surface area contributed by atoms with Crippen molar-refractivity contribution in [2.24, 2.45) is 16.8 Å². The van der Waals surface area contributed by atoms with Crippen molar-refractivity contribution < 1.29 is 23.1 Å². The van der Waals surface area contributed by atoms with Gasteiger partial charge in [0.2, 0.25) is 0 Å². The Hall–Kier alpha value is -2.12.